The fourth-order valence-electron chi connectivity index (χ4n) is 2.30. The summed E-state index contributed by atoms with van der Waals surface area (Å²) in [7, 11) is 0. The van der Waals surface area contributed by atoms with E-state index in [0.717, 1.165) is 6.07 Å². The first-order chi connectivity index (χ1) is 9.50. The van der Waals surface area contributed by atoms with Gasteiger partial charge in [-0.05, 0) is 30.5 Å². The highest BCUT2D eigenvalue weighted by Crippen LogP contribution is 2.37. The number of benzene rings is 2. The molecule has 2 rings (SSSR count). The van der Waals surface area contributed by atoms with Gasteiger partial charge in [0.1, 0.15) is 17.2 Å². The molecule has 1 nitrogen and oxygen atoms in total. The Balaban J connectivity index is 2.69. The zero-order chi connectivity index (χ0) is 14.8. The molecule has 2 aromatic carbocycles. The Morgan fingerprint density at radius 2 is 1.75 bits per heavy atom. The Morgan fingerprint density at radius 1 is 1.10 bits per heavy atom. The molecule has 1 unspecified atom stereocenters. The van der Waals surface area contributed by atoms with Crippen molar-refractivity contribution < 1.29 is 13.9 Å². The van der Waals surface area contributed by atoms with Gasteiger partial charge in [-0.3, -0.25) is 0 Å². The second-order valence-electron chi connectivity index (χ2n) is 4.72. The fourth-order valence-corrected chi connectivity index (χ4v) is 2.57. The van der Waals surface area contributed by atoms with Crippen LogP contribution in [0.2, 0.25) is 0 Å². The SMILES string of the molecule is Cc1ccc(F)c(C(O)(CCCl)c2ccccc2)c1F. The number of halogens is 3. The Bertz CT molecular complexity index is 601. The van der Waals surface area contributed by atoms with Gasteiger partial charge in [0.15, 0.2) is 0 Å². The smallest absolute Gasteiger partial charge is 0.135 e. The molecular weight excluding hydrogens is 282 g/mol. The van der Waals surface area contributed by atoms with Crippen LogP contribution in [0.5, 0.6) is 0 Å². The van der Waals surface area contributed by atoms with Crippen LogP contribution in [-0.4, -0.2) is 11.0 Å². The predicted octanol–water partition coefficient (Wildman–Crippen LogP) is 4.14. The Labute approximate surface area is 121 Å². The monoisotopic (exact) mass is 296 g/mol. The lowest BCUT2D eigenvalue weighted by Gasteiger charge is -2.29. The highest BCUT2D eigenvalue weighted by Gasteiger charge is 2.36. The Morgan fingerprint density at radius 3 is 2.35 bits per heavy atom. The summed E-state index contributed by atoms with van der Waals surface area (Å²) in [6, 6.07) is 11.0. The summed E-state index contributed by atoms with van der Waals surface area (Å²) in [6.07, 6.45) is 0.0237. The second kappa shape index (κ2) is 5.90. The van der Waals surface area contributed by atoms with E-state index < -0.39 is 17.2 Å². The van der Waals surface area contributed by atoms with E-state index in [-0.39, 0.29) is 23.4 Å². The molecule has 2 aromatic rings. The molecule has 4 heteroatoms. The van der Waals surface area contributed by atoms with Crippen LogP contribution in [0.25, 0.3) is 0 Å². The van der Waals surface area contributed by atoms with Gasteiger partial charge in [0.05, 0.1) is 5.56 Å². The normalized spacial score (nSPS) is 14.1. The van der Waals surface area contributed by atoms with Gasteiger partial charge in [0.25, 0.3) is 0 Å². The number of alkyl halides is 1. The van der Waals surface area contributed by atoms with Crippen molar-refractivity contribution in [1.82, 2.24) is 0 Å². The molecule has 106 valence electrons. The van der Waals surface area contributed by atoms with E-state index in [0.29, 0.717) is 5.56 Å². The van der Waals surface area contributed by atoms with Crippen molar-refractivity contribution in [2.75, 3.05) is 5.88 Å². The molecule has 0 radical (unpaired) electrons. The largest absolute Gasteiger partial charge is 0.380 e. The minimum Gasteiger partial charge on any atom is -0.380 e. The predicted molar refractivity (Wildman–Crippen MR) is 75.9 cm³/mol. The molecule has 0 aliphatic heterocycles. The van der Waals surface area contributed by atoms with Crippen LogP contribution >= 0.6 is 11.6 Å². The van der Waals surface area contributed by atoms with E-state index in [9.17, 15) is 13.9 Å². The van der Waals surface area contributed by atoms with Gasteiger partial charge >= 0.3 is 0 Å². The lowest BCUT2D eigenvalue weighted by molar-refractivity contribution is 0.0691. The van der Waals surface area contributed by atoms with Crippen LogP contribution in [-0.2, 0) is 5.60 Å². The van der Waals surface area contributed by atoms with Crippen LogP contribution < -0.4 is 0 Å². The van der Waals surface area contributed by atoms with Crippen LogP contribution in [0.3, 0.4) is 0 Å². The molecule has 0 aliphatic carbocycles. The van der Waals surface area contributed by atoms with Gasteiger partial charge in [0.2, 0.25) is 0 Å². The van der Waals surface area contributed by atoms with Crippen molar-refractivity contribution >= 4 is 11.6 Å². The minimum atomic E-state index is -1.77. The maximum Gasteiger partial charge on any atom is 0.135 e. The van der Waals surface area contributed by atoms with Crippen molar-refractivity contribution in [3.8, 4) is 0 Å². The zero-order valence-electron chi connectivity index (χ0n) is 11.0. The maximum absolute atomic E-state index is 14.3. The summed E-state index contributed by atoms with van der Waals surface area (Å²) in [6.45, 7) is 1.53. The third-order valence-electron chi connectivity index (χ3n) is 3.41. The average molecular weight is 297 g/mol. The van der Waals surface area contributed by atoms with Gasteiger partial charge < -0.3 is 5.11 Å². The molecule has 0 saturated carbocycles. The van der Waals surface area contributed by atoms with Gasteiger partial charge in [-0.1, -0.05) is 36.4 Å². The van der Waals surface area contributed by atoms with E-state index in [1.54, 1.807) is 30.3 Å². The van der Waals surface area contributed by atoms with E-state index in [4.69, 9.17) is 11.6 Å². The summed E-state index contributed by atoms with van der Waals surface area (Å²) < 4.78 is 28.4. The molecule has 0 heterocycles. The first-order valence-corrected chi connectivity index (χ1v) is 6.83. The van der Waals surface area contributed by atoms with Crippen LogP contribution in [0.1, 0.15) is 23.1 Å². The first-order valence-electron chi connectivity index (χ1n) is 6.29. The van der Waals surface area contributed by atoms with Gasteiger partial charge in [-0.25, -0.2) is 8.78 Å². The third kappa shape index (κ3) is 2.56. The third-order valence-corrected chi connectivity index (χ3v) is 3.59. The number of rotatable bonds is 4. The summed E-state index contributed by atoms with van der Waals surface area (Å²) >= 11 is 5.73. The molecule has 1 atom stereocenters. The average Bonchev–Trinajstić information content (AvgIpc) is 2.44. The topological polar surface area (TPSA) is 20.2 Å². The molecule has 0 aliphatic rings. The molecule has 0 spiro atoms. The van der Waals surface area contributed by atoms with Crippen molar-refractivity contribution in [2.45, 2.75) is 18.9 Å². The molecule has 0 saturated heterocycles. The van der Waals surface area contributed by atoms with Gasteiger partial charge in [-0.15, -0.1) is 11.6 Å². The van der Waals surface area contributed by atoms with Crippen molar-refractivity contribution in [3.63, 3.8) is 0 Å². The molecule has 0 fully saturated rings. The molecule has 0 bridgehead atoms. The summed E-state index contributed by atoms with van der Waals surface area (Å²) in [5, 5.41) is 10.9. The van der Waals surface area contributed by atoms with Crippen LogP contribution in [0.4, 0.5) is 8.78 Å². The quantitative estimate of drug-likeness (QED) is 0.841. The van der Waals surface area contributed by atoms with Crippen LogP contribution in [0, 0.1) is 18.6 Å². The zero-order valence-corrected chi connectivity index (χ0v) is 11.8. The van der Waals surface area contributed by atoms with E-state index in [1.807, 2.05) is 0 Å². The summed E-state index contributed by atoms with van der Waals surface area (Å²) in [4.78, 5) is 0. The molecule has 1 N–H and O–H groups in total. The molecule has 20 heavy (non-hydrogen) atoms. The molecule has 0 aromatic heterocycles. The standard InChI is InChI=1S/C16H15ClF2O/c1-11-7-8-13(18)14(15(11)19)16(20,9-10-17)12-5-3-2-4-6-12/h2-8,20H,9-10H2,1H3. The molecular formula is C16H15ClF2O. The van der Waals surface area contributed by atoms with Gasteiger partial charge in [0, 0.05) is 5.88 Å². The summed E-state index contributed by atoms with van der Waals surface area (Å²) in [5.74, 6) is -1.43. The highest BCUT2D eigenvalue weighted by molar-refractivity contribution is 6.17. The lowest BCUT2D eigenvalue weighted by atomic mass is 9.82. The van der Waals surface area contributed by atoms with Crippen LogP contribution in [0.15, 0.2) is 42.5 Å². The van der Waals surface area contributed by atoms with Crippen molar-refractivity contribution in [3.05, 3.63) is 70.8 Å². The number of hydrogen-bond acceptors (Lipinski definition) is 1. The van der Waals surface area contributed by atoms with E-state index in [2.05, 4.69) is 0 Å². The maximum atomic E-state index is 14.3. The number of aryl methyl sites for hydroxylation is 1. The highest BCUT2D eigenvalue weighted by atomic mass is 35.5. The minimum absolute atomic E-state index is 0.0237. The van der Waals surface area contributed by atoms with Crippen molar-refractivity contribution in [1.29, 1.82) is 0 Å². The Hall–Kier alpha value is -1.45. The van der Waals surface area contributed by atoms with Crippen molar-refractivity contribution in [2.24, 2.45) is 0 Å². The summed E-state index contributed by atoms with van der Waals surface area (Å²) in [5.41, 5.74) is -1.41. The van der Waals surface area contributed by atoms with E-state index in [1.165, 1.54) is 13.0 Å². The fraction of sp³-hybridized carbons (Fsp3) is 0.250. The molecule has 0 amide bonds. The second-order valence-corrected chi connectivity index (χ2v) is 5.10. The number of hydrogen-bond donors (Lipinski definition) is 1. The van der Waals surface area contributed by atoms with Gasteiger partial charge in [-0.2, -0.15) is 0 Å². The first kappa shape index (κ1) is 14.9. The Kier molecular flexibility index (Phi) is 4.41. The lowest BCUT2D eigenvalue weighted by Crippen LogP contribution is -2.31. The number of aliphatic hydroxyl groups is 1. The van der Waals surface area contributed by atoms with E-state index >= 15 is 0 Å².